The molecule has 10 nitrogen and oxygen atoms in total. The van der Waals surface area contributed by atoms with Gasteiger partial charge in [-0.3, -0.25) is 10.2 Å². The number of benzene rings is 2. The van der Waals surface area contributed by atoms with E-state index in [9.17, 15) is 27.9 Å². The lowest BCUT2D eigenvalue weighted by Crippen LogP contribution is -2.41. The number of carbonyl (C=O) groups is 3. The maximum absolute atomic E-state index is 12.5. The summed E-state index contributed by atoms with van der Waals surface area (Å²) in [6.45, 7) is 0. The van der Waals surface area contributed by atoms with Crippen LogP contribution >= 0.6 is 0 Å². The number of sulfonamides is 1. The minimum absolute atomic E-state index is 0.163. The first kappa shape index (κ1) is 20.9. The lowest BCUT2D eigenvalue weighted by atomic mass is 10.1. The van der Waals surface area contributed by atoms with E-state index in [-0.39, 0.29) is 22.4 Å². The topological polar surface area (TPSA) is 148 Å². The maximum atomic E-state index is 12.5. The molecule has 0 fully saturated rings. The van der Waals surface area contributed by atoms with Crippen LogP contribution in [-0.2, 0) is 19.5 Å². The Balaban J connectivity index is 2.33. The second-order valence-electron chi connectivity index (χ2n) is 5.31. The van der Waals surface area contributed by atoms with Crippen LogP contribution in [0.15, 0.2) is 47.4 Å². The van der Waals surface area contributed by atoms with Crippen LogP contribution in [0, 0.1) is 0 Å². The number of phenols is 1. The van der Waals surface area contributed by atoms with Gasteiger partial charge in [-0.25, -0.2) is 18.0 Å². The molecule has 2 rings (SSSR count). The second-order valence-corrected chi connectivity index (χ2v) is 6.99. The number of hydrogen-bond donors (Lipinski definition) is 3. The Bertz CT molecular complexity index is 999. The van der Waals surface area contributed by atoms with Gasteiger partial charge in [0.2, 0.25) is 0 Å². The summed E-state index contributed by atoms with van der Waals surface area (Å²) in [6, 6.07) is 8.55. The van der Waals surface area contributed by atoms with E-state index in [1.54, 1.807) is 0 Å². The maximum Gasteiger partial charge on any atom is 0.337 e. The monoisotopic (exact) mass is 408 g/mol. The van der Waals surface area contributed by atoms with Gasteiger partial charge in [0.1, 0.15) is 5.75 Å². The van der Waals surface area contributed by atoms with Crippen LogP contribution in [0.3, 0.4) is 0 Å². The van der Waals surface area contributed by atoms with E-state index in [4.69, 9.17) is 0 Å². The van der Waals surface area contributed by atoms with Crippen molar-refractivity contribution in [3.63, 3.8) is 0 Å². The lowest BCUT2D eigenvalue weighted by Gasteiger charge is -2.11. The first-order chi connectivity index (χ1) is 13.2. The molecule has 3 N–H and O–H groups in total. The number of esters is 2. The van der Waals surface area contributed by atoms with E-state index in [0.29, 0.717) is 0 Å². The number of phenolic OH excluding ortho intramolecular Hbond substituents is 1. The quantitative estimate of drug-likeness (QED) is 0.465. The molecule has 2 aromatic rings. The summed E-state index contributed by atoms with van der Waals surface area (Å²) in [7, 11) is -2.20. The summed E-state index contributed by atoms with van der Waals surface area (Å²) in [5.41, 5.74) is 1.35. The second kappa shape index (κ2) is 8.50. The Labute approximate surface area is 160 Å². The van der Waals surface area contributed by atoms with Crippen molar-refractivity contribution >= 4 is 27.9 Å². The first-order valence-corrected chi connectivity index (χ1v) is 9.09. The zero-order valence-corrected chi connectivity index (χ0v) is 15.6. The van der Waals surface area contributed by atoms with Crippen LogP contribution in [0.25, 0.3) is 0 Å². The SMILES string of the molecule is COC(=O)c1cc(C(=O)OC)cc(S(=O)(=O)NNC(=O)c2ccccc2O)c1. The van der Waals surface area contributed by atoms with E-state index in [1.807, 2.05) is 10.3 Å². The highest BCUT2D eigenvalue weighted by Gasteiger charge is 2.22. The van der Waals surface area contributed by atoms with Crippen LogP contribution in [-0.4, -0.2) is 45.6 Å². The fourth-order valence-electron chi connectivity index (χ4n) is 2.13. The molecule has 0 spiro atoms. The van der Waals surface area contributed by atoms with Crippen molar-refractivity contribution in [2.24, 2.45) is 0 Å². The molecule has 0 saturated heterocycles. The van der Waals surface area contributed by atoms with Crippen molar-refractivity contribution in [2.45, 2.75) is 4.90 Å². The molecule has 2 aromatic carbocycles. The molecule has 0 unspecified atom stereocenters. The zero-order chi connectivity index (χ0) is 20.9. The molecule has 0 radical (unpaired) electrons. The van der Waals surface area contributed by atoms with Crippen LogP contribution in [0.5, 0.6) is 5.75 Å². The molecule has 0 aliphatic carbocycles. The van der Waals surface area contributed by atoms with Gasteiger partial charge in [-0.15, -0.1) is 4.83 Å². The predicted molar refractivity (Wildman–Crippen MR) is 95.0 cm³/mol. The number of ether oxygens (including phenoxy) is 2. The Morgan fingerprint density at radius 2 is 1.46 bits per heavy atom. The highest BCUT2D eigenvalue weighted by Crippen LogP contribution is 2.18. The molecule has 1 amide bonds. The average molecular weight is 408 g/mol. The molecule has 0 saturated carbocycles. The Morgan fingerprint density at radius 3 is 1.96 bits per heavy atom. The van der Waals surface area contributed by atoms with Gasteiger partial charge in [0, 0.05) is 0 Å². The summed E-state index contributed by atoms with van der Waals surface area (Å²) in [5, 5.41) is 9.64. The zero-order valence-electron chi connectivity index (χ0n) is 14.8. The third-order valence-corrected chi connectivity index (χ3v) is 4.73. The molecule has 0 atom stereocenters. The molecule has 148 valence electrons. The summed E-state index contributed by atoms with van der Waals surface area (Å²) in [6.07, 6.45) is 0. The number of hydrogen-bond acceptors (Lipinski definition) is 8. The van der Waals surface area contributed by atoms with Gasteiger partial charge in [0.25, 0.3) is 15.9 Å². The molecule has 28 heavy (non-hydrogen) atoms. The summed E-state index contributed by atoms with van der Waals surface area (Å²) < 4.78 is 34.0. The molecule has 0 heterocycles. The molecule has 0 aliphatic heterocycles. The number of amides is 1. The smallest absolute Gasteiger partial charge is 0.337 e. The minimum atomic E-state index is -4.38. The number of nitrogens with one attached hydrogen (secondary N) is 2. The molecule has 0 aliphatic rings. The number of aromatic hydroxyl groups is 1. The normalized spacial score (nSPS) is 10.8. The van der Waals surface area contributed by atoms with Crippen LogP contribution in [0.4, 0.5) is 0 Å². The number of rotatable bonds is 6. The van der Waals surface area contributed by atoms with Gasteiger partial charge < -0.3 is 14.6 Å². The van der Waals surface area contributed by atoms with Crippen molar-refractivity contribution in [1.29, 1.82) is 0 Å². The average Bonchev–Trinajstić information content (AvgIpc) is 2.70. The third kappa shape index (κ3) is 4.64. The molecular weight excluding hydrogens is 392 g/mol. The summed E-state index contributed by atoms with van der Waals surface area (Å²) in [5.74, 6) is -3.01. The van der Waals surface area contributed by atoms with E-state index >= 15 is 0 Å². The first-order valence-electron chi connectivity index (χ1n) is 7.61. The van der Waals surface area contributed by atoms with E-state index in [0.717, 1.165) is 32.4 Å². The van der Waals surface area contributed by atoms with Gasteiger partial charge in [-0.2, -0.15) is 0 Å². The van der Waals surface area contributed by atoms with Crippen molar-refractivity contribution in [1.82, 2.24) is 10.3 Å². The third-order valence-electron chi connectivity index (χ3n) is 3.51. The van der Waals surface area contributed by atoms with Crippen molar-refractivity contribution < 1.29 is 37.4 Å². The van der Waals surface area contributed by atoms with Crippen molar-refractivity contribution in [3.8, 4) is 5.75 Å². The highest BCUT2D eigenvalue weighted by molar-refractivity contribution is 7.89. The van der Waals surface area contributed by atoms with Crippen LogP contribution in [0.1, 0.15) is 31.1 Å². The number of carbonyl (C=O) groups excluding carboxylic acids is 3. The van der Waals surface area contributed by atoms with Gasteiger partial charge >= 0.3 is 11.9 Å². The van der Waals surface area contributed by atoms with Gasteiger partial charge in [-0.05, 0) is 30.3 Å². The largest absolute Gasteiger partial charge is 0.507 e. The molecule has 0 bridgehead atoms. The number of hydrazine groups is 1. The van der Waals surface area contributed by atoms with E-state index < -0.39 is 32.8 Å². The Kier molecular flexibility index (Phi) is 6.33. The molecule has 0 aromatic heterocycles. The van der Waals surface area contributed by atoms with E-state index in [1.165, 1.54) is 24.3 Å². The van der Waals surface area contributed by atoms with Gasteiger partial charge in [0.15, 0.2) is 0 Å². The number of para-hydroxylation sites is 1. The van der Waals surface area contributed by atoms with Gasteiger partial charge in [-0.1, -0.05) is 12.1 Å². The Hall–Kier alpha value is -3.44. The Morgan fingerprint density at radius 1 is 0.929 bits per heavy atom. The minimum Gasteiger partial charge on any atom is -0.507 e. The van der Waals surface area contributed by atoms with Crippen LogP contribution in [0.2, 0.25) is 0 Å². The molecule has 11 heteroatoms. The van der Waals surface area contributed by atoms with E-state index in [2.05, 4.69) is 9.47 Å². The molecular formula is C17H16N2O8S. The summed E-state index contributed by atoms with van der Waals surface area (Å²) >= 11 is 0. The lowest BCUT2D eigenvalue weighted by molar-refractivity contribution is 0.0598. The highest BCUT2D eigenvalue weighted by atomic mass is 32.2. The van der Waals surface area contributed by atoms with Crippen molar-refractivity contribution in [3.05, 3.63) is 59.2 Å². The fourth-order valence-corrected chi connectivity index (χ4v) is 3.04. The predicted octanol–water partition coefficient (Wildman–Crippen LogP) is 0.589. The fraction of sp³-hybridized carbons (Fsp3) is 0.118. The van der Waals surface area contributed by atoms with Crippen LogP contribution < -0.4 is 10.3 Å². The summed E-state index contributed by atoms with van der Waals surface area (Å²) in [4.78, 5) is 36.9. The number of methoxy groups -OCH3 is 2. The van der Waals surface area contributed by atoms with Crippen molar-refractivity contribution in [2.75, 3.05) is 14.2 Å². The standard InChI is InChI=1S/C17H16N2O8S/c1-26-16(22)10-7-11(17(23)27-2)9-12(8-10)28(24,25)19-18-15(21)13-5-3-4-6-14(13)20/h3-9,19-20H,1-2H3,(H,18,21). The van der Waals surface area contributed by atoms with Gasteiger partial charge in [0.05, 0.1) is 35.8 Å².